The third kappa shape index (κ3) is 4.77. The first-order valence-electron chi connectivity index (χ1n) is 13.6. The summed E-state index contributed by atoms with van der Waals surface area (Å²) in [5.41, 5.74) is 3.81. The molecule has 0 atom stereocenters. The molecule has 0 aliphatic carbocycles. The predicted octanol–water partition coefficient (Wildman–Crippen LogP) is 6.00. The minimum Gasteiger partial charge on any atom is -0.490 e. The van der Waals surface area contributed by atoms with Crippen LogP contribution < -0.4 is 10.2 Å². The number of fused-ring (bicyclic) bond motifs is 4. The van der Waals surface area contributed by atoms with Gasteiger partial charge in [-0.2, -0.15) is 8.42 Å². The van der Waals surface area contributed by atoms with Crippen molar-refractivity contribution in [3.8, 4) is 29.2 Å². The SMILES string of the molecule is C#Cc1ccc2c(c1)[nH]c1c2c(=O)c2cc(OC(C)C)c(-c3cccc(S(=O)(=O)F)c3)cc2n1C1CCN(C)CC1. The van der Waals surface area contributed by atoms with Gasteiger partial charge in [0, 0.05) is 28.1 Å². The van der Waals surface area contributed by atoms with Gasteiger partial charge in [0.1, 0.15) is 11.4 Å². The van der Waals surface area contributed by atoms with Crippen LogP contribution in [0.15, 0.2) is 64.3 Å². The number of benzene rings is 3. The van der Waals surface area contributed by atoms with E-state index >= 15 is 0 Å². The number of aromatic nitrogens is 2. The summed E-state index contributed by atoms with van der Waals surface area (Å²) in [6.07, 6.45) is 7.19. The Morgan fingerprint density at radius 1 is 1.07 bits per heavy atom. The molecule has 5 aromatic rings. The highest BCUT2D eigenvalue weighted by atomic mass is 32.3. The topological polar surface area (TPSA) is 84.4 Å². The highest BCUT2D eigenvalue weighted by Gasteiger charge is 2.26. The molecule has 1 saturated heterocycles. The number of hydrogen-bond acceptors (Lipinski definition) is 5. The summed E-state index contributed by atoms with van der Waals surface area (Å²) in [4.78, 5) is 19.5. The molecule has 1 N–H and O–H groups in total. The molecule has 0 spiro atoms. The Kier molecular flexibility index (Phi) is 6.63. The van der Waals surface area contributed by atoms with Gasteiger partial charge in [0.05, 0.1) is 27.3 Å². The number of halogens is 1. The van der Waals surface area contributed by atoms with Gasteiger partial charge in [-0.05, 0) is 88.8 Å². The Balaban J connectivity index is 1.74. The molecule has 0 bridgehead atoms. The average Bonchev–Trinajstić information content (AvgIpc) is 3.32. The number of aromatic amines is 1. The van der Waals surface area contributed by atoms with Crippen molar-refractivity contribution in [1.29, 1.82) is 0 Å². The minimum absolute atomic E-state index is 0.0965. The molecule has 6 rings (SSSR count). The lowest BCUT2D eigenvalue weighted by atomic mass is 9.98. The van der Waals surface area contributed by atoms with E-state index in [0.717, 1.165) is 36.8 Å². The second-order valence-electron chi connectivity index (χ2n) is 11.0. The highest BCUT2D eigenvalue weighted by Crippen LogP contribution is 2.39. The molecule has 0 amide bonds. The molecule has 3 aromatic carbocycles. The van der Waals surface area contributed by atoms with Gasteiger partial charge in [-0.25, -0.2) is 0 Å². The Morgan fingerprint density at radius 2 is 1.83 bits per heavy atom. The molecule has 7 nitrogen and oxygen atoms in total. The van der Waals surface area contributed by atoms with Crippen LogP contribution in [0.2, 0.25) is 0 Å². The van der Waals surface area contributed by atoms with Crippen molar-refractivity contribution >= 4 is 43.1 Å². The first kappa shape index (κ1) is 27.1. The maximum Gasteiger partial charge on any atom is 0.332 e. The molecule has 1 aliphatic rings. The minimum atomic E-state index is -4.92. The fraction of sp³-hybridized carbons (Fsp3) is 0.281. The van der Waals surface area contributed by atoms with Crippen molar-refractivity contribution in [3.05, 3.63) is 70.4 Å². The van der Waals surface area contributed by atoms with Crippen molar-refractivity contribution < 1.29 is 17.0 Å². The van der Waals surface area contributed by atoms with E-state index in [1.165, 1.54) is 18.2 Å². The lowest BCUT2D eigenvalue weighted by molar-refractivity contribution is 0.226. The van der Waals surface area contributed by atoms with E-state index in [9.17, 15) is 17.1 Å². The van der Waals surface area contributed by atoms with E-state index in [1.807, 2.05) is 38.1 Å². The standard InChI is InChI=1S/C32H30FN3O4S/c1-5-20-9-10-24-27(15-20)34-32-30(24)31(37)26-18-29(40-19(2)3)25(21-7-6-8-23(16-21)41(33,38)39)17-28(26)36(32)22-11-13-35(4)14-12-22/h1,6-10,15-19,22,34H,11-14H2,2-4H3. The van der Waals surface area contributed by atoms with E-state index in [1.54, 1.807) is 12.1 Å². The number of nitrogens with zero attached hydrogens (tertiary/aromatic N) is 2. The average molecular weight is 572 g/mol. The summed E-state index contributed by atoms with van der Waals surface area (Å²) in [6, 6.07) is 15.0. The maximum absolute atomic E-state index is 14.2. The first-order valence-corrected chi connectivity index (χ1v) is 15.0. The van der Waals surface area contributed by atoms with Gasteiger partial charge in [-0.3, -0.25) is 4.79 Å². The molecule has 1 aliphatic heterocycles. The number of terminal acetylenes is 1. The van der Waals surface area contributed by atoms with Gasteiger partial charge in [-0.1, -0.05) is 24.1 Å². The zero-order valence-corrected chi connectivity index (χ0v) is 23.9. The number of hydrogen-bond donors (Lipinski definition) is 1. The van der Waals surface area contributed by atoms with Crippen molar-refractivity contribution in [2.24, 2.45) is 0 Å². The van der Waals surface area contributed by atoms with Crippen LogP contribution in [-0.2, 0) is 10.2 Å². The number of likely N-dealkylation sites (tertiary alicyclic amines) is 1. The van der Waals surface area contributed by atoms with Crippen molar-refractivity contribution in [2.45, 2.75) is 43.7 Å². The molecule has 0 saturated carbocycles. The van der Waals surface area contributed by atoms with Crippen LogP contribution in [0.1, 0.15) is 38.3 Å². The lowest BCUT2D eigenvalue weighted by Gasteiger charge is -2.32. The molecule has 0 radical (unpaired) electrons. The van der Waals surface area contributed by atoms with Gasteiger partial charge in [-0.15, -0.1) is 10.3 Å². The molecule has 210 valence electrons. The Labute approximate surface area is 237 Å². The third-order valence-electron chi connectivity index (χ3n) is 7.86. The van der Waals surface area contributed by atoms with Crippen LogP contribution >= 0.6 is 0 Å². The number of piperidine rings is 1. The predicted molar refractivity (Wildman–Crippen MR) is 161 cm³/mol. The summed E-state index contributed by atoms with van der Waals surface area (Å²) in [7, 11) is -2.82. The molecule has 9 heteroatoms. The molecule has 2 aromatic heterocycles. The van der Waals surface area contributed by atoms with Gasteiger partial charge in [0.25, 0.3) is 0 Å². The maximum atomic E-state index is 14.2. The van der Waals surface area contributed by atoms with Gasteiger partial charge < -0.3 is 19.2 Å². The number of ether oxygens (including phenoxy) is 1. The summed E-state index contributed by atoms with van der Waals surface area (Å²) in [5.74, 6) is 3.08. The van der Waals surface area contributed by atoms with Crippen LogP contribution in [0.5, 0.6) is 5.75 Å². The smallest absolute Gasteiger partial charge is 0.332 e. The van der Waals surface area contributed by atoms with E-state index in [2.05, 4.69) is 27.4 Å². The van der Waals surface area contributed by atoms with Gasteiger partial charge in [0.2, 0.25) is 0 Å². The number of H-pyrrole nitrogens is 1. The molecular weight excluding hydrogens is 541 g/mol. The van der Waals surface area contributed by atoms with E-state index in [0.29, 0.717) is 44.4 Å². The monoisotopic (exact) mass is 571 g/mol. The number of nitrogens with one attached hydrogen (secondary N) is 1. The highest BCUT2D eigenvalue weighted by molar-refractivity contribution is 7.86. The van der Waals surface area contributed by atoms with E-state index < -0.39 is 15.1 Å². The van der Waals surface area contributed by atoms with Crippen LogP contribution in [0.3, 0.4) is 0 Å². The van der Waals surface area contributed by atoms with Crippen molar-refractivity contribution in [1.82, 2.24) is 14.5 Å². The summed E-state index contributed by atoms with van der Waals surface area (Å²) in [6.45, 7) is 5.55. The fourth-order valence-corrected chi connectivity index (χ4v) is 6.42. The quantitative estimate of drug-likeness (QED) is 0.207. The number of pyridine rings is 1. The van der Waals surface area contributed by atoms with E-state index in [-0.39, 0.29) is 17.6 Å². The first-order chi connectivity index (χ1) is 19.5. The number of rotatable bonds is 5. The van der Waals surface area contributed by atoms with Crippen LogP contribution in [-0.4, -0.2) is 49.1 Å². The third-order valence-corrected chi connectivity index (χ3v) is 8.67. The Bertz CT molecular complexity index is 2050. The fourth-order valence-electron chi connectivity index (χ4n) is 5.91. The summed E-state index contributed by atoms with van der Waals surface area (Å²) in [5, 5.41) is 1.87. The summed E-state index contributed by atoms with van der Waals surface area (Å²) >= 11 is 0. The van der Waals surface area contributed by atoms with Crippen LogP contribution in [0.4, 0.5) is 3.89 Å². The zero-order valence-electron chi connectivity index (χ0n) is 23.1. The molecule has 0 unspecified atom stereocenters. The molecule has 1 fully saturated rings. The Hall–Kier alpha value is -4.13. The molecule has 41 heavy (non-hydrogen) atoms. The lowest BCUT2D eigenvalue weighted by Crippen LogP contribution is -2.32. The second-order valence-corrected chi connectivity index (χ2v) is 12.3. The molecular formula is C32H30FN3O4S. The van der Waals surface area contributed by atoms with E-state index in [4.69, 9.17) is 11.2 Å². The normalized spacial score (nSPS) is 15.2. The van der Waals surface area contributed by atoms with Crippen LogP contribution in [0, 0.1) is 12.3 Å². The zero-order chi connectivity index (χ0) is 29.1. The van der Waals surface area contributed by atoms with Crippen molar-refractivity contribution in [2.75, 3.05) is 20.1 Å². The largest absolute Gasteiger partial charge is 0.490 e. The van der Waals surface area contributed by atoms with Crippen molar-refractivity contribution in [3.63, 3.8) is 0 Å². The molecule has 3 heterocycles. The second kappa shape index (κ2) is 10.1. The van der Waals surface area contributed by atoms with Gasteiger partial charge >= 0.3 is 10.2 Å². The summed E-state index contributed by atoms with van der Waals surface area (Å²) < 4.78 is 45.8. The van der Waals surface area contributed by atoms with Gasteiger partial charge in [0.15, 0.2) is 5.43 Å². The van der Waals surface area contributed by atoms with Crippen LogP contribution in [0.25, 0.3) is 44.0 Å². The Morgan fingerprint density at radius 3 is 2.51 bits per heavy atom.